The fourth-order valence-corrected chi connectivity index (χ4v) is 2.91. The lowest BCUT2D eigenvalue weighted by molar-refractivity contribution is -0.115. The molecular formula is C22H21BrN2O5. The molecule has 0 aliphatic carbocycles. The Bertz CT molecular complexity index is 984. The second-order valence-corrected chi connectivity index (χ2v) is 7.13. The molecule has 0 saturated heterocycles. The maximum Gasteiger partial charge on any atom is 0.291 e. The van der Waals surface area contributed by atoms with Crippen molar-refractivity contribution in [2.75, 3.05) is 31.0 Å². The largest absolute Gasteiger partial charge is 0.491 e. The molecule has 0 unspecified atom stereocenters. The Hall–Kier alpha value is -3.10. The predicted octanol–water partition coefficient (Wildman–Crippen LogP) is 4.50. The fraction of sp³-hybridized carbons (Fsp3) is 0.182. The lowest BCUT2D eigenvalue weighted by atomic mass is 10.1. The van der Waals surface area contributed by atoms with Crippen LogP contribution in [0.1, 0.15) is 16.1 Å². The van der Waals surface area contributed by atoms with Crippen molar-refractivity contribution >= 4 is 39.1 Å². The third-order valence-electron chi connectivity index (χ3n) is 4.07. The summed E-state index contributed by atoms with van der Waals surface area (Å²) in [7, 11) is 1.62. The Morgan fingerprint density at radius 1 is 0.900 bits per heavy atom. The fourth-order valence-electron chi connectivity index (χ4n) is 2.60. The van der Waals surface area contributed by atoms with Gasteiger partial charge in [-0.15, -0.1) is 0 Å². The lowest BCUT2D eigenvalue weighted by Crippen LogP contribution is -2.14. The average molecular weight is 473 g/mol. The molecule has 2 aromatic carbocycles. The van der Waals surface area contributed by atoms with Gasteiger partial charge in [-0.25, -0.2) is 0 Å². The Balaban J connectivity index is 1.48. The minimum atomic E-state index is -0.346. The standard InChI is InChI=1S/C22H21BrN2O5/c1-28-12-13-29-18-8-6-16(7-9-18)24-21(26)14-15-2-4-17(5-3-15)25-22(27)19-10-11-20(23)30-19/h2-11H,12-14H2,1H3,(H,24,26)(H,25,27). The van der Waals surface area contributed by atoms with Gasteiger partial charge in [-0.2, -0.15) is 0 Å². The molecule has 2 N–H and O–H groups in total. The summed E-state index contributed by atoms with van der Waals surface area (Å²) in [6, 6.07) is 17.4. The highest BCUT2D eigenvalue weighted by atomic mass is 79.9. The number of halogens is 1. The van der Waals surface area contributed by atoms with E-state index in [4.69, 9.17) is 13.9 Å². The molecule has 30 heavy (non-hydrogen) atoms. The summed E-state index contributed by atoms with van der Waals surface area (Å²) in [5.74, 6) is 0.436. The second kappa shape index (κ2) is 10.6. The van der Waals surface area contributed by atoms with Crippen molar-refractivity contribution in [3.8, 4) is 5.75 Å². The molecule has 1 heterocycles. The smallest absolute Gasteiger partial charge is 0.291 e. The maximum atomic E-state index is 12.3. The van der Waals surface area contributed by atoms with Crippen molar-refractivity contribution < 1.29 is 23.5 Å². The number of amides is 2. The molecule has 0 saturated carbocycles. The molecule has 0 aliphatic heterocycles. The quantitative estimate of drug-likeness (QED) is 0.447. The molecule has 3 aromatic rings. The first-order valence-electron chi connectivity index (χ1n) is 9.21. The minimum Gasteiger partial charge on any atom is -0.491 e. The van der Waals surface area contributed by atoms with Gasteiger partial charge in [0.1, 0.15) is 12.4 Å². The van der Waals surface area contributed by atoms with E-state index >= 15 is 0 Å². The number of methoxy groups -OCH3 is 1. The second-order valence-electron chi connectivity index (χ2n) is 6.35. The highest BCUT2D eigenvalue weighted by Crippen LogP contribution is 2.18. The van der Waals surface area contributed by atoms with Crippen LogP contribution >= 0.6 is 15.9 Å². The lowest BCUT2D eigenvalue weighted by Gasteiger charge is -2.09. The van der Waals surface area contributed by atoms with Crippen LogP contribution in [0.4, 0.5) is 11.4 Å². The highest BCUT2D eigenvalue weighted by Gasteiger charge is 2.11. The Kier molecular flexibility index (Phi) is 7.64. The summed E-state index contributed by atoms with van der Waals surface area (Å²) in [5.41, 5.74) is 2.12. The Labute approximate surface area is 182 Å². The van der Waals surface area contributed by atoms with Crippen LogP contribution in [0.2, 0.25) is 0 Å². The molecule has 0 radical (unpaired) electrons. The van der Waals surface area contributed by atoms with E-state index in [2.05, 4.69) is 26.6 Å². The SMILES string of the molecule is COCCOc1ccc(NC(=O)Cc2ccc(NC(=O)c3ccc(Br)o3)cc2)cc1. The van der Waals surface area contributed by atoms with E-state index in [0.29, 0.717) is 35.0 Å². The summed E-state index contributed by atoms with van der Waals surface area (Å²) in [6.07, 6.45) is 0.214. The molecule has 1 aromatic heterocycles. The van der Waals surface area contributed by atoms with E-state index in [9.17, 15) is 9.59 Å². The number of ether oxygens (including phenoxy) is 2. The topological polar surface area (TPSA) is 89.8 Å². The van der Waals surface area contributed by atoms with Crippen LogP contribution in [0.15, 0.2) is 69.8 Å². The highest BCUT2D eigenvalue weighted by molar-refractivity contribution is 9.10. The van der Waals surface area contributed by atoms with E-state index in [-0.39, 0.29) is 24.0 Å². The van der Waals surface area contributed by atoms with Gasteiger partial charge in [-0.1, -0.05) is 12.1 Å². The van der Waals surface area contributed by atoms with Gasteiger partial charge in [-0.05, 0) is 70.0 Å². The van der Waals surface area contributed by atoms with Crippen LogP contribution in [0.3, 0.4) is 0 Å². The van der Waals surface area contributed by atoms with Gasteiger partial charge in [0.25, 0.3) is 5.91 Å². The van der Waals surface area contributed by atoms with Crippen LogP contribution in [-0.4, -0.2) is 32.1 Å². The van der Waals surface area contributed by atoms with Crippen molar-refractivity contribution in [2.24, 2.45) is 0 Å². The molecule has 8 heteroatoms. The summed E-state index contributed by atoms with van der Waals surface area (Å²) in [6.45, 7) is 0.985. The number of rotatable bonds is 9. The summed E-state index contributed by atoms with van der Waals surface area (Å²) < 4.78 is 16.1. The zero-order valence-corrected chi connectivity index (χ0v) is 17.9. The van der Waals surface area contributed by atoms with Crippen molar-refractivity contribution in [3.05, 3.63) is 76.7 Å². The van der Waals surface area contributed by atoms with E-state index in [0.717, 1.165) is 5.56 Å². The third kappa shape index (κ3) is 6.47. The van der Waals surface area contributed by atoms with Gasteiger partial charge in [0.15, 0.2) is 10.4 Å². The number of carbonyl (C=O) groups is 2. The molecule has 3 rings (SSSR count). The summed E-state index contributed by atoms with van der Waals surface area (Å²) in [4.78, 5) is 24.4. The number of anilines is 2. The molecule has 0 atom stereocenters. The van der Waals surface area contributed by atoms with E-state index < -0.39 is 0 Å². The minimum absolute atomic E-state index is 0.139. The van der Waals surface area contributed by atoms with Crippen molar-refractivity contribution in [3.63, 3.8) is 0 Å². The predicted molar refractivity (Wildman–Crippen MR) is 117 cm³/mol. The molecule has 2 amide bonds. The summed E-state index contributed by atoms with van der Waals surface area (Å²) >= 11 is 3.16. The Morgan fingerprint density at radius 3 is 2.20 bits per heavy atom. The van der Waals surface area contributed by atoms with Gasteiger partial charge in [0, 0.05) is 18.5 Å². The molecule has 7 nitrogen and oxygen atoms in total. The number of benzene rings is 2. The van der Waals surface area contributed by atoms with E-state index in [1.54, 1.807) is 67.8 Å². The first kappa shape index (κ1) is 21.6. The molecule has 0 aliphatic rings. The molecule has 0 spiro atoms. The number of nitrogens with one attached hydrogen (secondary N) is 2. The van der Waals surface area contributed by atoms with Crippen molar-refractivity contribution in [2.45, 2.75) is 6.42 Å². The van der Waals surface area contributed by atoms with Crippen molar-refractivity contribution in [1.29, 1.82) is 0 Å². The first-order chi connectivity index (χ1) is 14.5. The first-order valence-corrected chi connectivity index (χ1v) is 10.00. The maximum absolute atomic E-state index is 12.3. The zero-order valence-electron chi connectivity index (χ0n) is 16.3. The van der Waals surface area contributed by atoms with Crippen LogP contribution < -0.4 is 15.4 Å². The van der Waals surface area contributed by atoms with E-state index in [1.165, 1.54) is 0 Å². The molecule has 0 bridgehead atoms. The normalized spacial score (nSPS) is 10.5. The number of carbonyl (C=O) groups excluding carboxylic acids is 2. The van der Waals surface area contributed by atoms with Gasteiger partial charge in [0.05, 0.1) is 13.0 Å². The summed E-state index contributed by atoms with van der Waals surface area (Å²) in [5, 5.41) is 5.59. The zero-order chi connectivity index (χ0) is 21.3. The van der Waals surface area contributed by atoms with Gasteiger partial charge < -0.3 is 24.5 Å². The van der Waals surface area contributed by atoms with E-state index in [1.807, 2.05) is 0 Å². The van der Waals surface area contributed by atoms with Gasteiger partial charge in [-0.3, -0.25) is 9.59 Å². The number of furan rings is 1. The number of hydrogen-bond acceptors (Lipinski definition) is 5. The Morgan fingerprint density at radius 2 is 1.57 bits per heavy atom. The molecule has 156 valence electrons. The van der Waals surface area contributed by atoms with Crippen LogP contribution in [0.5, 0.6) is 5.75 Å². The van der Waals surface area contributed by atoms with Crippen LogP contribution in [0, 0.1) is 0 Å². The monoisotopic (exact) mass is 472 g/mol. The van der Waals surface area contributed by atoms with Crippen molar-refractivity contribution in [1.82, 2.24) is 0 Å². The van der Waals surface area contributed by atoms with Gasteiger partial charge >= 0.3 is 0 Å². The number of hydrogen-bond donors (Lipinski definition) is 2. The van der Waals surface area contributed by atoms with Crippen LogP contribution in [-0.2, 0) is 16.0 Å². The van der Waals surface area contributed by atoms with Gasteiger partial charge in [0.2, 0.25) is 5.91 Å². The molecular weight excluding hydrogens is 452 g/mol. The third-order valence-corrected chi connectivity index (χ3v) is 4.49. The molecule has 0 fully saturated rings. The van der Waals surface area contributed by atoms with Crippen LogP contribution in [0.25, 0.3) is 0 Å². The average Bonchev–Trinajstić information content (AvgIpc) is 3.17.